The molecule has 0 saturated heterocycles. The summed E-state index contributed by atoms with van der Waals surface area (Å²) in [5, 5.41) is 4.00. The first-order chi connectivity index (χ1) is 11.4. The minimum atomic E-state index is -0.575. The first kappa shape index (κ1) is 18.6. The summed E-state index contributed by atoms with van der Waals surface area (Å²) in [7, 11) is 1.29. The molecule has 1 atom stereocenters. The van der Waals surface area contributed by atoms with E-state index in [1.165, 1.54) is 19.2 Å². The first-order valence-corrected chi connectivity index (χ1v) is 8.12. The van der Waals surface area contributed by atoms with Gasteiger partial charge in [0.05, 0.1) is 30.2 Å². The number of amides is 1. The molecule has 2 rings (SSSR count). The van der Waals surface area contributed by atoms with Crippen molar-refractivity contribution in [3.05, 3.63) is 68.7 Å². The Labute approximate surface area is 154 Å². The molecule has 1 N–H and O–H groups in total. The fourth-order valence-electron chi connectivity index (χ4n) is 2.11. The predicted molar refractivity (Wildman–Crippen MR) is 94.8 cm³/mol. The van der Waals surface area contributed by atoms with Crippen molar-refractivity contribution in [3.63, 3.8) is 0 Å². The summed E-state index contributed by atoms with van der Waals surface area (Å²) >= 11 is 17.8. The van der Waals surface area contributed by atoms with E-state index in [0.29, 0.717) is 10.0 Å². The Morgan fingerprint density at radius 1 is 1.04 bits per heavy atom. The van der Waals surface area contributed by atoms with Gasteiger partial charge in [0.1, 0.15) is 0 Å². The van der Waals surface area contributed by atoms with Crippen molar-refractivity contribution in [1.82, 2.24) is 5.32 Å². The van der Waals surface area contributed by atoms with Crippen LogP contribution in [0.2, 0.25) is 15.1 Å². The smallest absolute Gasteiger partial charge is 0.307 e. The summed E-state index contributed by atoms with van der Waals surface area (Å²) in [6.45, 7) is 0. The van der Waals surface area contributed by atoms with Gasteiger partial charge in [-0.15, -0.1) is 0 Å². The number of carbonyl (C=O) groups is 2. The molecular weight excluding hydrogens is 373 g/mol. The fourth-order valence-corrected chi connectivity index (χ4v) is 2.73. The van der Waals surface area contributed by atoms with Crippen LogP contribution in [-0.4, -0.2) is 19.0 Å². The van der Waals surface area contributed by atoms with Crippen LogP contribution in [0.15, 0.2) is 42.5 Å². The first-order valence-electron chi connectivity index (χ1n) is 6.99. The van der Waals surface area contributed by atoms with E-state index in [1.54, 1.807) is 30.3 Å². The normalized spacial score (nSPS) is 11.7. The van der Waals surface area contributed by atoms with E-state index in [1.807, 2.05) is 0 Å². The third-order valence-electron chi connectivity index (χ3n) is 3.35. The Kier molecular flexibility index (Phi) is 6.49. The molecule has 1 amide bonds. The van der Waals surface area contributed by atoms with Gasteiger partial charge in [-0.2, -0.15) is 0 Å². The van der Waals surface area contributed by atoms with Crippen LogP contribution in [0, 0.1) is 0 Å². The molecule has 0 aliphatic rings. The van der Waals surface area contributed by atoms with Crippen LogP contribution in [-0.2, 0) is 9.53 Å². The number of rotatable bonds is 5. The SMILES string of the molecule is COC(=O)CC(NC(=O)c1ccc(Cl)cc1Cl)c1ccc(Cl)cc1. The van der Waals surface area contributed by atoms with E-state index in [9.17, 15) is 9.59 Å². The molecule has 0 aliphatic carbocycles. The Morgan fingerprint density at radius 3 is 2.25 bits per heavy atom. The molecule has 0 saturated carbocycles. The van der Waals surface area contributed by atoms with E-state index in [4.69, 9.17) is 39.5 Å². The topological polar surface area (TPSA) is 55.4 Å². The molecule has 2 aromatic carbocycles. The molecule has 24 heavy (non-hydrogen) atoms. The highest BCUT2D eigenvalue weighted by Gasteiger charge is 2.21. The third kappa shape index (κ3) is 4.87. The molecule has 0 heterocycles. The average molecular weight is 387 g/mol. The number of carbonyl (C=O) groups excluding carboxylic acids is 2. The third-order valence-corrected chi connectivity index (χ3v) is 4.15. The highest BCUT2D eigenvalue weighted by molar-refractivity contribution is 6.36. The van der Waals surface area contributed by atoms with Gasteiger partial charge in [0, 0.05) is 10.0 Å². The molecule has 0 bridgehead atoms. The molecule has 0 aliphatic heterocycles. The van der Waals surface area contributed by atoms with Gasteiger partial charge in [0.2, 0.25) is 0 Å². The average Bonchev–Trinajstić information content (AvgIpc) is 2.54. The lowest BCUT2D eigenvalue weighted by Crippen LogP contribution is -2.30. The Bertz CT molecular complexity index is 747. The zero-order valence-corrected chi connectivity index (χ0v) is 15.0. The van der Waals surface area contributed by atoms with Crippen LogP contribution < -0.4 is 5.32 Å². The second-order valence-electron chi connectivity index (χ2n) is 4.98. The highest BCUT2D eigenvalue weighted by Crippen LogP contribution is 2.24. The lowest BCUT2D eigenvalue weighted by Gasteiger charge is -2.19. The minimum Gasteiger partial charge on any atom is -0.469 e. The quantitative estimate of drug-likeness (QED) is 0.759. The molecule has 0 aromatic heterocycles. The largest absolute Gasteiger partial charge is 0.469 e. The van der Waals surface area contributed by atoms with E-state index < -0.39 is 17.9 Å². The Balaban J connectivity index is 2.25. The summed E-state index contributed by atoms with van der Waals surface area (Å²) in [6, 6.07) is 10.8. The van der Waals surface area contributed by atoms with E-state index in [2.05, 4.69) is 5.32 Å². The number of benzene rings is 2. The van der Waals surface area contributed by atoms with Crippen molar-refractivity contribution < 1.29 is 14.3 Å². The van der Waals surface area contributed by atoms with Gasteiger partial charge in [-0.1, -0.05) is 46.9 Å². The van der Waals surface area contributed by atoms with Crippen molar-refractivity contribution in [2.24, 2.45) is 0 Å². The number of nitrogens with one attached hydrogen (secondary N) is 1. The summed E-state index contributed by atoms with van der Waals surface area (Å²) < 4.78 is 4.69. The molecule has 0 radical (unpaired) electrons. The van der Waals surface area contributed by atoms with Gasteiger partial charge in [0.25, 0.3) is 5.91 Å². The van der Waals surface area contributed by atoms with Crippen molar-refractivity contribution in [2.45, 2.75) is 12.5 Å². The molecular formula is C17H14Cl3NO3. The second-order valence-corrected chi connectivity index (χ2v) is 6.26. The summed E-state index contributed by atoms with van der Waals surface area (Å²) in [6.07, 6.45) is -0.0188. The van der Waals surface area contributed by atoms with Gasteiger partial charge < -0.3 is 10.1 Å². The van der Waals surface area contributed by atoms with E-state index in [0.717, 1.165) is 5.56 Å². The van der Waals surface area contributed by atoms with Gasteiger partial charge in [-0.3, -0.25) is 9.59 Å². The Hall–Kier alpha value is -1.75. The zero-order valence-electron chi connectivity index (χ0n) is 12.7. The van der Waals surface area contributed by atoms with Crippen LogP contribution in [0.1, 0.15) is 28.4 Å². The highest BCUT2D eigenvalue weighted by atomic mass is 35.5. The van der Waals surface area contributed by atoms with Crippen molar-refractivity contribution in [1.29, 1.82) is 0 Å². The van der Waals surface area contributed by atoms with Crippen LogP contribution in [0.5, 0.6) is 0 Å². The van der Waals surface area contributed by atoms with Crippen LogP contribution in [0.3, 0.4) is 0 Å². The molecule has 0 fully saturated rings. The number of esters is 1. The maximum Gasteiger partial charge on any atom is 0.307 e. The standard InChI is InChI=1S/C17H14Cl3NO3/c1-24-16(22)9-15(10-2-4-11(18)5-3-10)21-17(23)13-7-6-12(19)8-14(13)20/h2-8,15H,9H2,1H3,(H,21,23). The summed E-state index contributed by atoms with van der Waals surface area (Å²) in [5.74, 6) is -0.863. The summed E-state index contributed by atoms with van der Waals surface area (Å²) in [4.78, 5) is 24.1. The summed E-state index contributed by atoms with van der Waals surface area (Å²) in [5.41, 5.74) is 0.994. The fraction of sp³-hybridized carbons (Fsp3) is 0.176. The number of halogens is 3. The lowest BCUT2D eigenvalue weighted by molar-refractivity contribution is -0.141. The van der Waals surface area contributed by atoms with E-state index >= 15 is 0 Å². The number of hydrogen-bond acceptors (Lipinski definition) is 3. The molecule has 7 heteroatoms. The molecule has 2 aromatic rings. The van der Waals surface area contributed by atoms with Gasteiger partial charge in [-0.25, -0.2) is 0 Å². The van der Waals surface area contributed by atoms with Gasteiger partial charge >= 0.3 is 5.97 Å². The maximum absolute atomic E-state index is 12.5. The predicted octanol–water partition coefficient (Wildman–Crippen LogP) is 4.68. The van der Waals surface area contributed by atoms with Gasteiger partial charge in [-0.05, 0) is 35.9 Å². The van der Waals surface area contributed by atoms with Crippen LogP contribution in [0.4, 0.5) is 0 Å². The zero-order chi connectivity index (χ0) is 17.7. The van der Waals surface area contributed by atoms with Crippen LogP contribution in [0.25, 0.3) is 0 Å². The van der Waals surface area contributed by atoms with Gasteiger partial charge in [0.15, 0.2) is 0 Å². The Morgan fingerprint density at radius 2 is 1.67 bits per heavy atom. The minimum absolute atomic E-state index is 0.0188. The molecule has 126 valence electrons. The number of hydrogen-bond donors (Lipinski definition) is 1. The number of ether oxygens (including phenoxy) is 1. The molecule has 0 spiro atoms. The maximum atomic E-state index is 12.5. The van der Waals surface area contributed by atoms with Crippen molar-refractivity contribution in [2.75, 3.05) is 7.11 Å². The molecule has 1 unspecified atom stereocenters. The second kappa shape index (κ2) is 8.38. The van der Waals surface area contributed by atoms with Crippen molar-refractivity contribution in [3.8, 4) is 0 Å². The van der Waals surface area contributed by atoms with E-state index in [-0.39, 0.29) is 17.0 Å². The molecule has 4 nitrogen and oxygen atoms in total. The number of methoxy groups -OCH3 is 1. The van der Waals surface area contributed by atoms with Crippen molar-refractivity contribution >= 4 is 46.7 Å². The van der Waals surface area contributed by atoms with Crippen LogP contribution >= 0.6 is 34.8 Å². The lowest BCUT2D eigenvalue weighted by atomic mass is 10.0. The monoisotopic (exact) mass is 385 g/mol.